The Morgan fingerprint density at radius 2 is 0.625 bits per heavy atom. The van der Waals surface area contributed by atoms with Gasteiger partial charge in [-0.2, -0.15) is 0 Å². The van der Waals surface area contributed by atoms with Gasteiger partial charge in [-0.3, -0.25) is 0 Å². The third-order valence-corrected chi connectivity index (χ3v) is 4.56. The molecule has 0 N–H and O–H groups in total. The summed E-state index contributed by atoms with van der Waals surface area (Å²) in [7, 11) is 0. The number of carbonyl (C=O) groups excluding carboxylic acids is 4. The fraction of sp³-hybridized carbons (Fsp3) is 0.556. The summed E-state index contributed by atoms with van der Waals surface area (Å²) in [6.07, 6.45) is 4.20. The van der Waals surface area contributed by atoms with Gasteiger partial charge in [0, 0.05) is 24.3 Å². The Balaban J connectivity index is 5.03. The summed E-state index contributed by atoms with van der Waals surface area (Å²) in [5, 5.41) is 0. The van der Waals surface area contributed by atoms with Crippen LogP contribution in [0.25, 0.3) is 0 Å². The summed E-state index contributed by atoms with van der Waals surface area (Å²) in [5.74, 6) is -2.27. The molecule has 0 aliphatic rings. The molecule has 0 saturated carbocycles. The molecule has 40 heavy (non-hydrogen) atoms. The Morgan fingerprint density at radius 1 is 0.400 bits per heavy atom. The monoisotopic (exact) mass is 572 g/mol. The van der Waals surface area contributed by atoms with Crippen molar-refractivity contribution in [3.63, 3.8) is 0 Å². The quantitative estimate of drug-likeness (QED) is 0.0595. The van der Waals surface area contributed by atoms with Gasteiger partial charge >= 0.3 is 23.9 Å². The first kappa shape index (κ1) is 36.6. The van der Waals surface area contributed by atoms with Gasteiger partial charge < -0.3 is 42.6 Å². The lowest BCUT2D eigenvalue weighted by Gasteiger charge is -2.33. The fourth-order valence-corrected chi connectivity index (χ4v) is 2.67. The molecule has 0 aliphatic heterocycles. The summed E-state index contributed by atoms with van der Waals surface area (Å²) >= 11 is 0. The highest BCUT2D eigenvalue weighted by Gasteiger charge is 2.32. The molecule has 0 aromatic heterocycles. The summed E-state index contributed by atoms with van der Waals surface area (Å²) < 4.78 is 48.0. The second-order valence-corrected chi connectivity index (χ2v) is 7.81. The van der Waals surface area contributed by atoms with Crippen molar-refractivity contribution in [3.8, 4) is 0 Å². The Morgan fingerprint density at radius 3 is 0.900 bits per heavy atom. The number of rotatable bonds is 27. The molecule has 0 heterocycles. The molecule has 0 fully saturated rings. The van der Waals surface area contributed by atoms with Crippen molar-refractivity contribution < 1.29 is 61.8 Å². The largest absolute Gasteiger partial charge is 0.460 e. The molecule has 0 saturated heterocycles. The van der Waals surface area contributed by atoms with Gasteiger partial charge in [-0.05, 0) is 0 Å². The lowest BCUT2D eigenvalue weighted by atomic mass is 9.92. The Labute approximate surface area is 234 Å². The predicted octanol–water partition coefficient (Wildman–Crippen LogP) is 0.973. The van der Waals surface area contributed by atoms with E-state index >= 15 is 0 Å². The van der Waals surface area contributed by atoms with Crippen LogP contribution in [0.3, 0.4) is 0 Å². The van der Waals surface area contributed by atoms with Crippen molar-refractivity contribution in [3.05, 3.63) is 50.6 Å². The van der Waals surface area contributed by atoms with E-state index in [1.165, 1.54) is 0 Å². The van der Waals surface area contributed by atoms with E-state index in [0.717, 1.165) is 24.3 Å². The van der Waals surface area contributed by atoms with Crippen molar-refractivity contribution in [1.82, 2.24) is 0 Å². The molecule has 0 aromatic rings. The third kappa shape index (κ3) is 20.6. The second-order valence-electron chi connectivity index (χ2n) is 7.81. The number of ether oxygens (including phenoxy) is 9. The summed E-state index contributed by atoms with van der Waals surface area (Å²) in [6, 6.07) is 0. The number of esters is 4. The van der Waals surface area contributed by atoms with Crippen LogP contribution in [0.4, 0.5) is 0 Å². The van der Waals surface area contributed by atoms with E-state index in [1.807, 2.05) is 0 Å². The van der Waals surface area contributed by atoms with E-state index in [4.69, 9.17) is 42.6 Å². The molecule has 0 atom stereocenters. The molecular weight excluding hydrogens is 532 g/mol. The molecule has 226 valence electrons. The predicted molar refractivity (Wildman–Crippen MR) is 141 cm³/mol. The normalized spacial score (nSPS) is 10.7. The average molecular weight is 573 g/mol. The van der Waals surface area contributed by atoms with E-state index in [0.29, 0.717) is 0 Å². The molecule has 0 aliphatic carbocycles. The minimum absolute atomic E-state index is 0.00276. The van der Waals surface area contributed by atoms with Crippen molar-refractivity contribution in [2.75, 3.05) is 92.5 Å². The Hall–Kier alpha value is -3.36. The van der Waals surface area contributed by atoms with E-state index < -0.39 is 29.3 Å². The van der Waals surface area contributed by atoms with Crippen molar-refractivity contribution in [2.24, 2.45) is 5.41 Å². The average Bonchev–Trinajstić information content (AvgIpc) is 2.96. The number of carbonyl (C=O) groups is 4. The van der Waals surface area contributed by atoms with Gasteiger partial charge in [0.15, 0.2) is 0 Å². The summed E-state index contributed by atoms with van der Waals surface area (Å²) in [5.41, 5.74) is -0.854. The molecule has 13 heteroatoms. The highest BCUT2D eigenvalue weighted by molar-refractivity contribution is 5.82. The third-order valence-electron chi connectivity index (χ3n) is 4.56. The van der Waals surface area contributed by atoms with Crippen molar-refractivity contribution in [1.29, 1.82) is 0 Å². The van der Waals surface area contributed by atoms with Crippen LogP contribution in [-0.2, 0) is 61.8 Å². The van der Waals surface area contributed by atoms with Gasteiger partial charge in [0.05, 0.1) is 71.5 Å². The van der Waals surface area contributed by atoms with Crippen LogP contribution < -0.4 is 0 Å². The maximum atomic E-state index is 11.3. The van der Waals surface area contributed by atoms with E-state index in [-0.39, 0.29) is 92.5 Å². The van der Waals surface area contributed by atoms with Crippen LogP contribution >= 0.6 is 0 Å². The van der Waals surface area contributed by atoms with Gasteiger partial charge in [0.25, 0.3) is 0 Å². The smallest absolute Gasteiger partial charge is 0.330 e. The SMILES string of the molecule is C=CC(=O)OCCOCCOCC(COCCOC(=O)C=C)(COCCOC(=O)C=C)COCCOC(=O)C=C. The topological polar surface area (TPSA) is 151 Å². The maximum absolute atomic E-state index is 11.3. The zero-order valence-corrected chi connectivity index (χ0v) is 22.8. The first-order valence-corrected chi connectivity index (χ1v) is 12.4. The van der Waals surface area contributed by atoms with E-state index in [2.05, 4.69) is 26.3 Å². The van der Waals surface area contributed by atoms with Crippen LogP contribution in [0.1, 0.15) is 0 Å². The summed E-state index contributed by atoms with van der Waals surface area (Å²) in [6.45, 7) is 14.6. The lowest BCUT2D eigenvalue weighted by molar-refractivity contribution is -0.146. The molecular formula is C27H40O13. The first-order chi connectivity index (χ1) is 19.3. The van der Waals surface area contributed by atoms with Crippen LogP contribution in [0.15, 0.2) is 50.6 Å². The molecule has 0 spiro atoms. The lowest BCUT2D eigenvalue weighted by Crippen LogP contribution is -2.43. The maximum Gasteiger partial charge on any atom is 0.330 e. The van der Waals surface area contributed by atoms with Crippen molar-refractivity contribution >= 4 is 23.9 Å². The Bertz CT molecular complexity index is 719. The van der Waals surface area contributed by atoms with Gasteiger partial charge in [0.2, 0.25) is 0 Å². The van der Waals surface area contributed by atoms with Gasteiger partial charge in [-0.25, -0.2) is 19.2 Å². The van der Waals surface area contributed by atoms with Crippen molar-refractivity contribution in [2.45, 2.75) is 0 Å². The molecule has 0 bridgehead atoms. The van der Waals surface area contributed by atoms with Crippen LogP contribution in [0.5, 0.6) is 0 Å². The minimum atomic E-state index is -0.854. The molecule has 0 aromatic carbocycles. The molecule has 0 unspecified atom stereocenters. The number of hydrogen-bond donors (Lipinski definition) is 0. The standard InChI is InChI=1S/C27H40O13/c1-5-23(28)37-15-11-32-9-10-33-19-27(20-34-12-16-38-24(29)6-2,21-35-13-17-39-25(30)7-3)22-36-14-18-40-26(31)8-4/h5-8H,1-4,9-22H2. The van der Waals surface area contributed by atoms with Crippen LogP contribution in [-0.4, -0.2) is 116 Å². The second kappa shape index (κ2) is 24.7. The van der Waals surface area contributed by atoms with Gasteiger partial charge in [0.1, 0.15) is 26.4 Å². The highest BCUT2D eigenvalue weighted by atomic mass is 16.6. The minimum Gasteiger partial charge on any atom is -0.460 e. The van der Waals surface area contributed by atoms with Gasteiger partial charge in [-0.15, -0.1) is 0 Å². The zero-order chi connectivity index (χ0) is 29.9. The molecule has 0 amide bonds. The Kier molecular flexibility index (Phi) is 22.6. The first-order valence-electron chi connectivity index (χ1n) is 12.4. The molecule has 0 radical (unpaired) electrons. The molecule has 0 rings (SSSR count). The fourth-order valence-electron chi connectivity index (χ4n) is 2.67. The highest BCUT2D eigenvalue weighted by Crippen LogP contribution is 2.21. The zero-order valence-electron chi connectivity index (χ0n) is 22.8. The molecule has 13 nitrogen and oxygen atoms in total. The van der Waals surface area contributed by atoms with Crippen LogP contribution in [0, 0.1) is 5.41 Å². The van der Waals surface area contributed by atoms with Gasteiger partial charge in [-0.1, -0.05) is 26.3 Å². The van der Waals surface area contributed by atoms with Crippen LogP contribution in [0.2, 0.25) is 0 Å². The number of hydrogen-bond acceptors (Lipinski definition) is 13. The van der Waals surface area contributed by atoms with E-state index in [9.17, 15) is 19.2 Å². The summed E-state index contributed by atoms with van der Waals surface area (Å²) in [4.78, 5) is 44.8. The van der Waals surface area contributed by atoms with E-state index in [1.54, 1.807) is 0 Å².